The molecule has 0 saturated carbocycles. The Bertz CT molecular complexity index is 2860. The lowest BCUT2D eigenvalue weighted by Gasteiger charge is -2.29. The van der Waals surface area contributed by atoms with Crippen molar-refractivity contribution in [3.05, 3.63) is 193 Å². The highest BCUT2D eigenvalue weighted by atomic mass is 16.5. The van der Waals surface area contributed by atoms with E-state index < -0.39 is 0 Å². The molecule has 3 heterocycles. The first kappa shape index (κ1) is 38.9. The van der Waals surface area contributed by atoms with Gasteiger partial charge in [0, 0.05) is 58.3 Å². The van der Waals surface area contributed by atoms with Gasteiger partial charge in [-0.15, -0.1) is 0 Å². The number of pyridine rings is 1. The van der Waals surface area contributed by atoms with Gasteiger partial charge in [-0.25, -0.2) is 4.98 Å². The van der Waals surface area contributed by atoms with E-state index in [0.29, 0.717) is 6.67 Å². The van der Waals surface area contributed by atoms with Crippen molar-refractivity contribution >= 4 is 33.2 Å². The Hall–Kier alpha value is -6.59. The summed E-state index contributed by atoms with van der Waals surface area (Å²) in [4.78, 5) is 9.55. The average Bonchev–Trinajstić information content (AvgIpc) is 3.87. The molecule has 1 aliphatic heterocycles. The molecule has 5 heteroatoms. The highest BCUT2D eigenvalue weighted by Gasteiger charge is 2.27. The summed E-state index contributed by atoms with van der Waals surface area (Å²) in [5, 5.41) is 2.32. The van der Waals surface area contributed by atoms with Crippen LogP contribution in [0.25, 0.3) is 38.8 Å². The van der Waals surface area contributed by atoms with Gasteiger partial charge in [0.1, 0.15) is 17.3 Å². The Kier molecular flexibility index (Phi) is 9.66. The van der Waals surface area contributed by atoms with Crippen LogP contribution in [0.1, 0.15) is 77.6 Å². The lowest BCUT2D eigenvalue weighted by molar-refractivity contribution is 0.480. The molecule has 8 aromatic rings. The molecule has 300 valence electrons. The van der Waals surface area contributed by atoms with Crippen molar-refractivity contribution in [3.63, 3.8) is 0 Å². The zero-order valence-electron chi connectivity index (χ0n) is 36.1. The summed E-state index contributed by atoms with van der Waals surface area (Å²) in [7, 11) is 0. The summed E-state index contributed by atoms with van der Waals surface area (Å²) in [6.07, 6.45) is 6.27. The fourth-order valence-electron chi connectivity index (χ4n) is 8.36. The van der Waals surface area contributed by atoms with Gasteiger partial charge in [0.25, 0.3) is 0 Å². The third kappa shape index (κ3) is 7.45. The third-order valence-corrected chi connectivity index (χ3v) is 12.2. The summed E-state index contributed by atoms with van der Waals surface area (Å²) < 4.78 is 9.27. The summed E-state index contributed by atoms with van der Waals surface area (Å²) in [6, 6.07) is 54.6. The average molecular weight is 787 g/mol. The van der Waals surface area contributed by atoms with Crippen molar-refractivity contribution in [1.29, 1.82) is 0 Å². The molecule has 0 atom stereocenters. The minimum absolute atomic E-state index is 0.0279. The van der Waals surface area contributed by atoms with Gasteiger partial charge >= 0.3 is 0 Å². The molecule has 0 amide bonds. The Morgan fingerprint density at radius 2 is 1.15 bits per heavy atom. The lowest BCUT2D eigenvalue weighted by atomic mass is 9.78. The molecular formula is C55H54N4O. The van der Waals surface area contributed by atoms with Crippen LogP contribution in [0.3, 0.4) is 0 Å². The SMILES string of the molecule is CC(C)(C)c1ccc(N2C=CN(c3cc(Oc4ccc5c6cc(-c7ccccc7)ccc6n(-c6cc(C(C)(C)C)ccn6)c5c4)cc(C(C)(C)c4ccccc4)c3)C2)cc1. The van der Waals surface area contributed by atoms with Crippen LogP contribution in [-0.2, 0) is 16.2 Å². The number of fused-ring (bicyclic) bond motifs is 3. The maximum atomic E-state index is 6.97. The van der Waals surface area contributed by atoms with E-state index in [9.17, 15) is 0 Å². The Balaban J connectivity index is 1.13. The normalized spacial score (nSPS) is 13.5. The smallest absolute Gasteiger partial charge is 0.137 e. The number of aromatic nitrogens is 2. The van der Waals surface area contributed by atoms with E-state index in [1.807, 2.05) is 6.20 Å². The van der Waals surface area contributed by atoms with Crippen molar-refractivity contribution in [2.45, 2.75) is 71.6 Å². The van der Waals surface area contributed by atoms with Crippen molar-refractivity contribution in [3.8, 4) is 28.4 Å². The molecule has 60 heavy (non-hydrogen) atoms. The van der Waals surface area contributed by atoms with Gasteiger partial charge in [0.05, 0.1) is 17.7 Å². The van der Waals surface area contributed by atoms with Crippen molar-refractivity contribution in [2.75, 3.05) is 16.5 Å². The van der Waals surface area contributed by atoms with Crippen LogP contribution < -0.4 is 14.5 Å². The van der Waals surface area contributed by atoms with E-state index >= 15 is 0 Å². The first-order chi connectivity index (χ1) is 28.7. The summed E-state index contributed by atoms with van der Waals surface area (Å²) >= 11 is 0. The monoisotopic (exact) mass is 786 g/mol. The molecule has 0 aliphatic carbocycles. The molecule has 0 spiro atoms. The van der Waals surface area contributed by atoms with Gasteiger partial charge in [-0.1, -0.05) is 134 Å². The Labute approximate surface area is 355 Å². The number of rotatable bonds is 8. The molecule has 0 N–H and O–H groups in total. The van der Waals surface area contributed by atoms with Crippen LogP contribution in [0.15, 0.2) is 170 Å². The third-order valence-electron chi connectivity index (χ3n) is 12.2. The van der Waals surface area contributed by atoms with E-state index in [1.165, 1.54) is 44.5 Å². The Morgan fingerprint density at radius 3 is 1.85 bits per heavy atom. The predicted octanol–water partition coefficient (Wildman–Crippen LogP) is 14.3. The van der Waals surface area contributed by atoms with E-state index in [2.05, 4.69) is 234 Å². The molecular weight excluding hydrogens is 733 g/mol. The minimum Gasteiger partial charge on any atom is -0.457 e. The predicted molar refractivity (Wildman–Crippen MR) is 252 cm³/mol. The molecule has 0 bridgehead atoms. The second-order valence-electron chi connectivity index (χ2n) is 18.7. The molecule has 0 fully saturated rings. The largest absolute Gasteiger partial charge is 0.457 e. The van der Waals surface area contributed by atoms with Crippen LogP contribution in [0, 0.1) is 0 Å². The minimum atomic E-state index is -0.280. The molecule has 5 nitrogen and oxygen atoms in total. The number of ether oxygens (including phenoxy) is 1. The lowest BCUT2D eigenvalue weighted by Crippen LogP contribution is -2.25. The van der Waals surface area contributed by atoms with Gasteiger partial charge in [0.2, 0.25) is 0 Å². The zero-order valence-corrected chi connectivity index (χ0v) is 36.1. The van der Waals surface area contributed by atoms with Gasteiger partial charge in [-0.2, -0.15) is 0 Å². The van der Waals surface area contributed by atoms with Crippen LogP contribution in [-0.4, -0.2) is 16.2 Å². The highest BCUT2D eigenvalue weighted by molar-refractivity contribution is 6.10. The van der Waals surface area contributed by atoms with E-state index in [-0.39, 0.29) is 16.2 Å². The molecule has 9 rings (SSSR count). The summed E-state index contributed by atoms with van der Waals surface area (Å²) in [6.45, 7) is 18.8. The van der Waals surface area contributed by atoms with Gasteiger partial charge in [0.15, 0.2) is 0 Å². The maximum absolute atomic E-state index is 6.97. The fraction of sp³-hybridized carbons (Fsp3) is 0.218. The molecule has 2 aromatic heterocycles. The molecule has 0 radical (unpaired) electrons. The van der Waals surface area contributed by atoms with E-state index in [0.717, 1.165) is 39.4 Å². The topological polar surface area (TPSA) is 33.5 Å². The first-order valence-electron chi connectivity index (χ1n) is 21.0. The second kappa shape index (κ2) is 14.9. The summed E-state index contributed by atoms with van der Waals surface area (Å²) in [5.41, 5.74) is 11.5. The second-order valence-corrected chi connectivity index (χ2v) is 18.7. The van der Waals surface area contributed by atoms with Crippen molar-refractivity contribution in [2.24, 2.45) is 0 Å². The quantitative estimate of drug-likeness (QED) is 0.154. The number of benzene rings is 6. The fourth-order valence-corrected chi connectivity index (χ4v) is 8.36. The van der Waals surface area contributed by atoms with Crippen LogP contribution in [0.2, 0.25) is 0 Å². The number of hydrogen-bond donors (Lipinski definition) is 0. The molecule has 0 unspecified atom stereocenters. The zero-order chi connectivity index (χ0) is 41.8. The van der Waals surface area contributed by atoms with Crippen LogP contribution >= 0.6 is 0 Å². The van der Waals surface area contributed by atoms with Crippen molar-refractivity contribution in [1.82, 2.24) is 9.55 Å². The van der Waals surface area contributed by atoms with Gasteiger partial charge < -0.3 is 14.5 Å². The first-order valence-corrected chi connectivity index (χ1v) is 21.0. The highest BCUT2D eigenvalue weighted by Crippen LogP contribution is 2.41. The molecule has 6 aromatic carbocycles. The van der Waals surface area contributed by atoms with Crippen LogP contribution in [0.5, 0.6) is 11.5 Å². The Morgan fingerprint density at radius 1 is 0.467 bits per heavy atom. The molecule has 0 saturated heterocycles. The summed E-state index contributed by atoms with van der Waals surface area (Å²) in [5.74, 6) is 2.44. The van der Waals surface area contributed by atoms with Crippen molar-refractivity contribution < 1.29 is 4.74 Å². The van der Waals surface area contributed by atoms with Gasteiger partial charge in [-0.05, 0) is 105 Å². The standard InChI is InChI=1S/C55H54N4O/c1-53(2,3)40-20-22-44(23-21-40)57-29-30-58(37-57)45-32-43(55(7,8)41-17-13-10-14-18-41)33-47(35-45)60-46-24-25-48-49-31-39(38-15-11-9-12-16-38)19-26-50(49)59(51(48)36-46)52-34-42(27-28-56-52)54(4,5)6/h9-36H,37H2,1-8H3. The molecule has 1 aliphatic rings. The van der Waals surface area contributed by atoms with Crippen LogP contribution in [0.4, 0.5) is 11.4 Å². The van der Waals surface area contributed by atoms with E-state index in [4.69, 9.17) is 9.72 Å². The number of hydrogen-bond acceptors (Lipinski definition) is 4. The maximum Gasteiger partial charge on any atom is 0.137 e. The number of anilines is 2. The van der Waals surface area contributed by atoms with E-state index in [1.54, 1.807) is 0 Å². The van der Waals surface area contributed by atoms with Gasteiger partial charge in [-0.3, -0.25) is 4.57 Å². The number of nitrogens with zero attached hydrogens (tertiary/aromatic N) is 4.